The maximum absolute atomic E-state index is 13.2. The van der Waals surface area contributed by atoms with Gasteiger partial charge in [0.25, 0.3) is 11.8 Å². The van der Waals surface area contributed by atoms with Gasteiger partial charge in [-0.15, -0.1) is 0 Å². The number of ether oxygens (including phenoxy) is 1. The summed E-state index contributed by atoms with van der Waals surface area (Å²) in [5.74, 6) is -1.36. The maximum Gasteiger partial charge on any atom is 0.253 e. The second-order valence-corrected chi connectivity index (χ2v) is 8.24. The molecule has 0 unspecified atom stereocenters. The van der Waals surface area contributed by atoms with Gasteiger partial charge in [0.1, 0.15) is 11.9 Å². The van der Waals surface area contributed by atoms with Crippen LogP contribution in [0, 0.1) is 18.7 Å². The third kappa shape index (κ3) is 6.61. The predicted octanol–water partition coefficient (Wildman–Crippen LogP) is 2.55. The molecule has 0 radical (unpaired) electrons. The minimum Gasteiger partial charge on any atom is -0.383 e. The minimum atomic E-state index is -0.768. The number of nitrogens with one attached hydrogen (secondary N) is 2. The van der Waals surface area contributed by atoms with Crippen LogP contribution in [-0.2, 0) is 9.53 Å². The van der Waals surface area contributed by atoms with Crippen molar-refractivity contribution in [3.05, 3.63) is 71.0 Å². The molecule has 7 nitrogen and oxygen atoms in total. The number of halogens is 1. The van der Waals surface area contributed by atoms with Crippen molar-refractivity contribution in [1.82, 2.24) is 15.5 Å². The Morgan fingerprint density at radius 1 is 1.03 bits per heavy atom. The molecule has 0 saturated carbocycles. The molecule has 8 heteroatoms. The molecule has 3 rings (SSSR count). The fraction of sp³-hybridized carbons (Fsp3) is 0.400. The summed E-state index contributed by atoms with van der Waals surface area (Å²) in [6, 6.07) is 11.9. The average molecular weight is 456 g/mol. The van der Waals surface area contributed by atoms with Crippen molar-refractivity contribution in [1.29, 1.82) is 0 Å². The average Bonchev–Trinajstić information content (AvgIpc) is 2.83. The van der Waals surface area contributed by atoms with E-state index in [2.05, 4.69) is 10.6 Å². The normalized spacial score (nSPS) is 15.1. The fourth-order valence-electron chi connectivity index (χ4n) is 3.92. The number of nitrogens with zero attached hydrogens (tertiary/aromatic N) is 1. The van der Waals surface area contributed by atoms with Crippen molar-refractivity contribution < 1.29 is 23.5 Å². The number of carbonyl (C=O) groups excluding carboxylic acids is 3. The number of benzene rings is 2. The van der Waals surface area contributed by atoms with E-state index in [9.17, 15) is 18.8 Å². The van der Waals surface area contributed by atoms with Crippen molar-refractivity contribution in [3.8, 4) is 0 Å². The Morgan fingerprint density at radius 2 is 1.64 bits per heavy atom. The van der Waals surface area contributed by atoms with Crippen LogP contribution in [0.3, 0.4) is 0 Å². The largest absolute Gasteiger partial charge is 0.383 e. The van der Waals surface area contributed by atoms with E-state index in [1.807, 2.05) is 31.2 Å². The lowest BCUT2D eigenvalue weighted by Gasteiger charge is -2.36. The zero-order valence-electron chi connectivity index (χ0n) is 19.0. The van der Waals surface area contributed by atoms with Crippen molar-refractivity contribution in [2.45, 2.75) is 25.8 Å². The van der Waals surface area contributed by atoms with Crippen LogP contribution >= 0.6 is 0 Å². The molecule has 2 aromatic carbocycles. The van der Waals surface area contributed by atoms with Crippen LogP contribution in [0.1, 0.15) is 39.1 Å². The number of hydrogen-bond acceptors (Lipinski definition) is 4. The lowest BCUT2D eigenvalue weighted by atomic mass is 9.88. The molecule has 3 amide bonds. The van der Waals surface area contributed by atoms with Crippen molar-refractivity contribution in [2.75, 3.05) is 33.4 Å². The highest BCUT2D eigenvalue weighted by molar-refractivity contribution is 5.97. The van der Waals surface area contributed by atoms with E-state index in [1.165, 1.54) is 24.3 Å². The molecule has 33 heavy (non-hydrogen) atoms. The van der Waals surface area contributed by atoms with Crippen LogP contribution in [0.15, 0.2) is 48.5 Å². The smallest absolute Gasteiger partial charge is 0.253 e. The van der Waals surface area contributed by atoms with Crippen LogP contribution in [-0.4, -0.2) is 62.0 Å². The first-order valence-corrected chi connectivity index (χ1v) is 11.1. The Labute approximate surface area is 193 Å². The van der Waals surface area contributed by atoms with E-state index in [4.69, 9.17) is 4.74 Å². The van der Waals surface area contributed by atoms with Gasteiger partial charge in [-0.05, 0) is 62.1 Å². The summed E-state index contributed by atoms with van der Waals surface area (Å²) < 4.78 is 18.2. The van der Waals surface area contributed by atoms with E-state index in [0.29, 0.717) is 44.6 Å². The van der Waals surface area contributed by atoms with E-state index in [0.717, 1.165) is 5.56 Å². The Balaban J connectivity index is 1.66. The minimum absolute atomic E-state index is 0.0371. The molecule has 1 aliphatic rings. The summed E-state index contributed by atoms with van der Waals surface area (Å²) in [6.07, 6.45) is 1.15. The lowest BCUT2D eigenvalue weighted by Crippen LogP contribution is -2.54. The summed E-state index contributed by atoms with van der Waals surface area (Å²) in [5.41, 5.74) is 2.00. The van der Waals surface area contributed by atoms with Crippen LogP contribution in [0.5, 0.6) is 0 Å². The van der Waals surface area contributed by atoms with Gasteiger partial charge in [0.15, 0.2) is 0 Å². The molecule has 2 aromatic rings. The Kier molecular flexibility index (Phi) is 8.54. The first kappa shape index (κ1) is 24.4. The highest BCUT2D eigenvalue weighted by Crippen LogP contribution is 2.23. The number of amides is 3. The molecule has 0 bridgehead atoms. The molecule has 1 heterocycles. The number of piperidine rings is 1. The summed E-state index contributed by atoms with van der Waals surface area (Å²) in [4.78, 5) is 40.2. The predicted molar refractivity (Wildman–Crippen MR) is 122 cm³/mol. The molecule has 1 aliphatic heterocycles. The second kappa shape index (κ2) is 11.6. The van der Waals surface area contributed by atoms with Crippen LogP contribution < -0.4 is 10.6 Å². The van der Waals surface area contributed by atoms with Gasteiger partial charge >= 0.3 is 0 Å². The SMILES string of the molecule is COCCNC(=O)[C@H](NC(=O)c1ccc(F)cc1)C1CCN(C(=O)c2ccc(C)cc2)CC1. The van der Waals surface area contributed by atoms with Gasteiger partial charge in [-0.1, -0.05) is 17.7 Å². The topological polar surface area (TPSA) is 87.7 Å². The number of rotatable bonds is 8. The maximum atomic E-state index is 13.2. The van der Waals surface area contributed by atoms with Gasteiger partial charge in [-0.25, -0.2) is 4.39 Å². The zero-order valence-corrected chi connectivity index (χ0v) is 19.0. The van der Waals surface area contributed by atoms with Crippen molar-refractivity contribution in [2.24, 2.45) is 5.92 Å². The standard InChI is InChI=1S/C25H30FN3O4/c1-17-3-5-20(6-4-17)25(32)29-14-11-18(12-15-29)22(24(31)27-13-16-33-2)28-23(30)19-7-9-21(26)10-8-19/h3-10,18,22H,11-16H2,1-2H3,(H,27,31)(H,28,30)/t22-/m1/s1. The van der Waals surface area contributed by atoms with Gasteiger partial charge in [0.05, 0.1) is 6.61 Å². The van der Waals surface area contributed by atoms with Crippen molar-refractivity contribution >= 4 is 17.7 Å². The first-order valence-electron chi connectivity index (χ1n) is 11.1. The third-order valence-corrected chi connectivity index (χ3v) is 5.88. The molecule has 0 aromatic heterocycles. The number of likely N-dealkylation sites (tertiary alicyclic amines) is 1. The molecule has 1 saturated heterocycles. The van der Waals surface area contributed by atoms with E-state index in [-0.39, 0.29) is 23.3 Å². The summed E-state index contributed by atoms with van der Waals surface area (Å²) in [7, 11) is 1.54. The zero-order chi connectivity index (χ0) is 23.8. The Bertz CT molecular complexity index is 955. The van der Waals surface area contributed by atoms with E-state index >= 15 is 0 Å². The molecule has 1 atom stereocenters. The number of aryl methyl sites for hydroxylation is 1. The van der Waals surface area contributed by atoms with Crippen LogP contribution in [0.25, 0.3) is 0 Å². The highest BCUT2D eigenvalue weighted by Gasteiger charge is 2.34. The van der Waals surface area contributed by atoms with Crippen LogP contribution in [0.2, 0.25) is 0 Å². The highest BCUT2D eigenvalue weighted by atomic mass is 19.1. The monoisotopic (exact) mass is 455 g/mol. The van der Waals surface area contributed by atoms with E-state index < -0.39 is 17.8 Å². The number of methoxy groups -OCH3 is 1. The first-order chi connectivity index (χ1) is 15.9. The van der Waals surface area contributed by atoms with Gasteiger partial charge < -0.3 is 20.3 Å². The van der Waals surface area contributed by atoms with Gasteiger partial charge in [0, 0.05) is 37.9 Å². The Morgan fingerprint density at radius 3 is 2.24 bits per heavy atom. The molecule has 0 spiro atoms. The van der Waals surface area contributed by atoms with Gasteiger partial charge in [0.2, 0.25) is 5.91 Å². The quantitative estimate of drug-likeness (QED) is 0.599. The van der Waals surface area contributed by atoms with Gasteiger partial charge in [-0.2, -0.15) is 0 Å². The van der Waals surface area contributed by atoms with Crippen LogP contribution in [0.4, 0.5) is 4.39 Å². The second-order valence-electron chi connectivity index (χ2n) is 8.24. The molecule has 1 fully saturated rings. The molecular weight excluding hydrogens is 425 g/mol. The number of carbonyl (C=O) groups is 3. The fourth-order valence-corrected chi connectivity index (χ4v) is 3.92. The summed E-state index contributed by atoms with van der Waals surface area (Å²) in [6.45, 7) is 3.63. The summed E-state index contributed by atoms with van der Waals surface area (Å²) in [5, 5.41) is 5.61. The lowest BCUT2D eigenvalue weighted by molar-refractivity contribution is -0.124. The third-order valence-electron chi connectivity index (χ3n) is 5.88. The molecule has 2 N–H and O–H groups in total. The summed E-state index contributed by atoms with van der Waals surface area (Å²) >= 11 is 0. The number of hydrogen-bond donors (Lipinski definition) is 2. The molecular formula is C25H30FN3O4. The molecule has 176 valence electrons. The van der Waals surface area contributed by atoms with E-state index in [1.54, 1.807) is 12.0 Å². The molecule has 0 aliphatic carbocycles. The van der Waals surface area contributed by atoms with Gasteiger partial charge in [-0.3, -0.25) is 14.4 Å². The van der Waals surface area contributed by atoms with Crippen molar-refractivity contribution in [3.63, 3.8) is 0 Å². The Hall–Kier alpha value is -3.26.